The molecule has 19 heavy (non-hydrogen) atoms. The Morgan fingerprint density at radius 3 is 2.79 bits per heavy atom. The number of halogens is 3. The summed E-state index contributed by atoms with van der Waals surface area (Å²) in [6, 6.07) is 5.03. The Kier molecular flexibility index (Phi) is 3.90. The zero-order valence-corrected chi connectivity index (χ0v) is 10.3. The molecule has 3 nitrogen and oxygen atoms in total. The Bertz CT molecular complexity index is 549. The molecule has 1 N–H and O–H groups in total. The fraction of sp³-hybridized carbons (Fsp3) is 0.308. The van der Waals surface area contributed by atoms with Crippen LogP contribution in [-0.4, -0.2) is 11.7 Å². The predicted molar refractivity (Wildman–Crippen MR) is 64.3 cm³/mol. The van der Waals surface area contributed by atoms with Crippen LogP contribution in [0.25, 0.3) is 11.3 Å². The van der Waals surface area contributed by atoms with Gasteiger partial charge in [0, 0.05) is 17.7 Å². The van der Waals surface area contributed by atoms with Crippen LogP contribution in [-0.2, 0) is 12.7 Å². The van der Waals surface area contributed by atoms with Gasteiger partial charge in [0.25, 0.3) is 0 Å². The van der Waals surface area contributed by atoms with E-state index in [-0.39, 0.29) is 0 Å². The molecule has 0 aliphatic heterocycles. The van der Waals surface area contributed by atoms with E-state index in [1.54, 1.807) is 6.07 Å². The topological polar surface area (TPSA) is 38.1 Å². The van der Waals surface area contributed by atoms with Crippen molar-refractivity contribution in [2.45, 2.75) is 19.6 Å². The average Bonchev–Trinajstić information content (AvgIpc) is 2.83. The third-order valence-electron chi connectivity index (χ3n) is 2.66. The van der Waals surface area contributed by atoms with Crippen molar-refractivity contribution in [1.29, 1.82) is 0 Å². The first-order chi connectivity index (χ1) is 9.02. The molecule has 1 aromatic carbocycles. The molecule has 0 saturated carbocycles. The van der Waals surface area contributed by atoms with Crippen molar-refractivity contribution >= 4 is 0 Å². The Morgan fingerprint density at radius 1 is 1.32 bits per heavy atom. The first-order valence-corrected chi connectivity index (χ1v) is 5.84. The minimum absolute atomic E-state index is 0.368. The molecule has 1 aromatic heterocycles. The summed E-state index contributed by atoms with van der Waals surface area (Å²) in [6.45, 7) is 3.20. The zero-order chi connectivity index (χ0) is 13.9. The van der Waals surface area contributed by atoms with Crippen LogP contribution in [0.3, 0.4) is 0 Å². The van der Waals surface area contributed by atoms with Crippen LogP contribution in [0, 0.1) is 0 Å². The van der Waals surface area contributed by atoms with Crippen LogP contribution in [0.4, 0.5) is 13.2 Å². The molecule has 102 valence electrons. The molecule has 0 aliphatic carbocycles. The second kappa shape index (κ2) is 5.44. The van der Waals surface area contributed by atoms with E-state index in [0.29, 0.717) is 17.9 Å². The van der Waals surface area contributed by atoms with Crippen molar-refractivity contribution in [2.75, 3.05) is 6.54 Å². The Labute approximate surface area is 108 Å². The van der Waals surface area contributed by atoms with Crippen molar-refractivity contribution in [3.63, 3.8) is 0 Å². The Hall–Kier alpha value is -1.82. The molecule has 0 spiro atoms. The maximum Gasteiger partial charge on any atom is 0.416 e. The lowest BCUT2D eigenvalue weighted by Gasteiger charge is -2.08. The molecule has 0 unspecified atom stereocenters. The van der Waals surface area contributed by atoms with Crippen LogP contribution in [0.15, 0.2) is 35.0 Å². The third-order valence-corrected chi connectivity index (χ3v) is 2.66. The molecule has 0 radical (unpaired) electrons. The van der Waals surface area contributed by atoms with Crippen molar-refractivity contribution in [1.82, 2.24) is 10.5 Å². The maximum absolute atomic E-state index is 12.7. The van der Waals surface area contributed by atoms with Gasteiger partial charge in [0.1, 0.15) is 0 Å². The summed E-state index contributed by atoms with van der Waals surface area (Å²) in [7, 11) is 0. The van der Waals surface area contributed by atoms with Crippen molar-refractivity contribution in [3.8, 4) is 11.3 Å². The van der Waals surface area contributed by atoms with Gasteiger partial charge >= 0.3 is 6.18 Å². The van der Waals surface area contributed by atoms with Crippen LogP contribution in [0.5, 0.6) is 0 Å². The van der Waals surface area contributed by atoms with Crippen LogP contribution in [0.2, 0.25) is 0 Å². The number of nitrogens with one attached hydrogen (secondary N) is 1. The predicted octanol–water partition coefficient (Wildman–Crippen LogP) is 3.47. The first-order valence-electron chi connectivity index (χ1n) is 5.84. The SMILES string of the molecule is CCNCc1cnoc1-c1cccc(C(F)(F)F)c1. The zero-order valence-electron chi connectivity index (χ0n) is 10.3. The van der Waals surface area contributed by atoms with E-state index in [1.165, 1.54) is 12.3 Å². The second-order valence-corrected chi connectivity index (χ2v) is 4.04. The van der Waals surface area contributed by atoms with Gasteiger partial charge in [-0.2, -0.15) is 13.2 Å². The summed E-state index contributed by atoms with van der Waals surface area (Å²) in [6.07, 6.45) is -2.85. The summed E-state index contributed by atoms with van der Waals surface area (Å²) < 4.78 is 43.0. The summed E-state index contributed by atoms with van der Waals surface area (Å²) in [5, 5.41) is 6.73. The molecular weight excluding hydrogens is 257 g/mol. The van der Waals surface area contributed by atoms with Crippen molar-refractivity contribution in [3.05, 3.63) is 41.6 Å². The van der Waals surface area contributed by atoms with E-state index >= 15 is 0 Å². The lowest BCUT2D eigenvalue weighted by atomic mass is 10.1. The monoisotopic (exact) mass is 270 g/mol. The Morgan fingerprint density at radius 2 is 2.11 bits per heavy atom. The largest absolute Gasteiger partial charge is 0.416 e. The minimum atomic E-state index is -4.36. The lowest BCUT2D eigenvalue weighted by molar-refractivity contribution is -0.137. The fourth-order valence-electron chi connectivity index (χ4n) is 1.72. The van der Waals surface area contributed by atoms with Gasteiger partial charge in [0.05, 0.1) is 11.8 Å². The van der Waals surface area contributed by atoms with E-state index in [9.17, 15) is 13.2 Å². The molecule has 0 aliphatic rings. The number of alkyl halides is 3. The standard InChI is InChI=1S/C13H13F3N2O/c1-2-17-7-10-8-18-19-12(10)9-4-3-5-11(6-9)13(14,15)16/h3-6,8,17H,2,7H2,1H3. The molecule has 1 heterocycles. The quantitative estimate of drug-likeness (QED) is 0.924. The maximum atomic E-state index is 12.7. The second-order valence-electron chi connectivity index (χ2n) is 4.04. The Balaban J connectivity index is 2.34. The van der Waals surface area contributed by atoms with Gasteiger partial charge in [-0.25, -0.2) is 0 Å². The number of aromatic nitrogens is 1. The highest BCUT2D eigenvalue weighted by Gasteiger charge is 2.30. The number of benzene rings is 1. The van der Waals surface area contributed by atoms with Crippen LogP contribution < -0.4 is 5.32 Å². The lowest BCUT2D eigenvalue weighted by Crippen LogP contribution is -2.11. The van der Waals surface area contributed by atoms with E-state index in [4.69, 9.17) is 4.52 Å². The fourth-order valence-corrected chi connectivity index (χ4v) is 1.72. The summed E-state index contributed by atoms with van der Waals surface area (Å²) in [5.41, 5.74) is 0.414. The molecule has 0 fully saturated rings. The minimum Gasteiger partial charge on any atom is -0.356 e. The van der Waals surface area contributed by atoms with Crippen LogP contribution in [0.1, 0.15) is 18.1 Å². The van der Waals surface area contributed by atoms with E-state index in [0.717, 1.165) is 24.2 Å². The molecular formula is C13H13F3N2O. The van der Waals surface area contributed by atoms with Gasteiger partial charge in [-0.05, 0) is 18.7 Å². The highest BCUT2D eigenvalue weighted by atomic mass is 19.4. The molecule has 6 heteroatoms. The highest BCUT2D eigenvalue weighted by Crippen LogP contribution is 2.33. The highest BCUT2D eigenvalue weighted by molar-refractivity contribution is 5.61. The van der Waals surface area contributed by atoms with Gasteiger partial charge in [0.2, 0.25) is 0 Å². The molecule has 0 atom stereocenters. The van der Waals surface area contributed by atoms with Crippen molar-refractivity contribution < 1.29 is 17.7 Å². The first kappa shape index (κ1) is 13.6. The number of nitrogens with zero attached hydrogens (tertiary/aromatic N) is 1. The van der Waals surface area contributed by atoms with Gasteiger partial charge in [-0.3, -0.25) is 0 Å². The van der Waals surface area contributed by atoms with E-state index in [2.05, 4.69) is 10.5 Å². The van der Waals surface area contributed by atoms with Gasteiger partial charge < -0.3 is 9.84 Å². The summed E-state index contributed by atoms with van der Waals surface area (Å²) >= 11 is 0. The molecule has 2 aromatic rings. The number of rotatable bonds is 4. The van der Waals surface area contributed by atoms with Crippen molar-refractivity contribution in [2.24, 2.45) is 0 Å². The summed E-state index contributed by atoms with van der Waals surface area (Å²) in [4.78, 5) is 0. The van der Waals surface area contributed by atoms with E-state index in [1.807, 2.05) is 6.92 Å². The number of hydrogen-bond donors (Lipinski definition) is 1. The smallest absolute Gasteiger partial charge is 0.356 e. The molecule has 2 rings (SSSR count). The van der Waals surface area contributed by atoms with Crippen LogP contribution >= 0.6 is 0 Å². The number of hydrogen-bond acceptors (Lipinski definition) is 3. The normalized spacial score (nSPS) is 11.8. The molecule has 0 saturated heterocycles. The van der Waals surface area contributed by atoms with E-state index < -0.39 is 11.7 Å². The van der Waals surface area contributed by atoms with Gasteiger partial charge in [-0.1, -0.05) is 24.2 Å². The molecule has 0 amide bonds. The summed E-state index contributed by atoms with van der Waals surface area (Å²) in [5.74, 6) is 0.368. The van der Waals surface area contributed by atoms with Gasteiger partial charge in [0.15, 0.2) is 5.76 Å². The van der Waals surface area contributed by atoms with Gasteiger partial charge in [-0.15, -0.1) is 0 Å². The average molecular weight is 270 g/mol. The third kappa shape index (κ3) is 3.14. The molecule has 0 bridgehead atoms.